The molecule has 0 spiro atoms. The smallest absolute Gasteiger partial charge is 0.309 e. The van der Waals surface area contributed by atoms with Gasteiger partial charge in [0, 0.05) is 11.3 Å². The van der Waals surface area contributed by atoms with Gasteiger partial charge in [0.1, 0.15) is 6.10 Å². The van der Waals surface area contributed by atoms with Crippen LogP contribution in [0.2, 0.25) is 0 Å². The minimum Gasteiger partial charge on any atom is -0.481 e. The highest BCUT2D eigenvalue weighted by atomic mass is 16.5. The molecule has 1 saturated heterocycles. The lowest BCUT2D eigenvalue weighted by molar-refractivity contribution is -0.259. The van der Waals surface area contributed by atoms with E-state index in [9.17, 15) is 19.8 Å². The fraction of sp³-hybridized carbons (Fsp3) is 0.800. The Hall–Kier alpha value is -1.62. The van der Waals surface area contributed by atoms with Crippen LogP contribution in [0.3, 0.4) is 0 Å². The minimum atomic E-state index is -0.775. The van der Waals surface area contributed by atoms with Gasteiger partial charge in [0.05, 0.1) is 17.9 Å². The summed E-state index contributed by atoms with van der Waals surface area (Å²) in [6.45, 7) is 19.7. The molecule has 0 amide bonds. The van der Waals surface area contributed by atoms with Crippen molar-refractivity contribution >= 4 is 11.9 Å². The van der Waals surface area contributed by atoms with Crippen molar-refractivity contribution in [2.24, 2.45) is 51.2 Å². The Morgan fingerprint density at radius 3 is 2.29 bits per heavy atom. The quantitative estimate of drug-likeness (QED) is 0.392. The summed E-state index contributed by atoms with van der Waals surface area (Å²) in [6, 6.07) is 0. The number of ether oxygens (including phenoxy) is 1. The summed E-state index contributed by atoms with van der Waals surface area (Å²) >= 11 is 0. The molecule has 0 radical (unpaired) electrons. The molecule has 4 aliphatic carbocycles. The predicted molar refractivity (Wildman–Crippen MR) is 134 cm³/mol. The van der Waals surface area contributed by atoms with Crippen LogP contribution >= 0.6 is 0 Å². The van der Waals surface area contributed by atoms with E-state index in [1.807, 2.05) is 0 Å². The Kier molecular flexibility index (Phi) is 5.51. The van der Waals surface area contributed by atoms with Gasteiger partial charge in [-0.3, -0.25) is 9.59 Å². The van der Waals surface area contributed by atoms with Gasteiger partial charge in [-0.1, -0.05) is 45.1 Å². The van der Waals surface area contributed by atoms with E-state index in [1.54, 1.807) is 0 Å². The molecule has 1 aliphatic heterocycles. The van der Waals surface area contributed by atoms with E-state index < -0.39 is 22.9 Å². The van der Waals surface area contributed by atoms with Gasteiger partial charge in [0.2, 0.25) is 0 Å². The number of allylic oxidation sites excluding steroid dienone is 2. The number of fused-ring (bicyclic) bond motifs is 4. The molecular weight excluding hydrogens is 440 g/mol. The zero-order chi connectivity index (χ0) is 25.7. The highest BCUT2D eigenvalue weighted by molar-refractivity contribution is 5.76. The van der Waals surface area contributed by atoms with Crippen LogP contribution in [0.25, 0.3) is 0 Å². The lowest BCUT2D eigenvalue weighted by atomic mass is 9.33. The molecule has 0 bridgehead atoms. The Balaban J connectivity index is 1.69. The lowest BCUT2D eigenvalue weighted by Crippen LogP contribution is -2.69. The Morgan fingerprint density at radius 2 is 1.69 bits per heavy atom. The van der Waals surface area contributed by atoms with Gasteiger partial charge in [-0.15, -0.1) is 0 Å². The van der Waals surface area contributed by atoms with E-state index in [-0.39, 0.29) is 58.9 Å². The van der Waals surface area contributed by atoms with Gasteiger partial charge in [-0.25, -0.2) is 0 Å². The van der Waals surface area contributed by atoms with Crippen LogP contribution in [0, 0.1) is 51.2 Å². The zero-order valence-corrected chi connectivity index (χ0v) is 22.2. The van der Waals surface area contributed by atoms with Gasteiger partial charge in [0.25, 0.3) is 0 Å². The summed E-state index contributed by atoms with van der Waals surface area (Å²) in [5.41, 5.74) is 0.644. The van der Waals surface area contributed by atoms with Crippen molar-refractivity contribution in [3.05, 3.63) is 24.3 Å². The molecule has 5 aliphatic rings. The van der Waals surface area contributed by atoms with E-state index in [0.717, 1.165) is 36.8 Å². The average Bonchev–Trinajstić information content (AvgIpc) is 3.12. The molecule has 4 saturated carbocycles. The molecule has 1 heterocycles. The summed E-state index contributed by atoms with van der Waals surface area (Å²) in [5.74, 6) is -0.528. The fourth-order valence-electron chi connectivity index (χ4n) is 10.8. The largest absolute Gasteiger partial charge is 0.481 e. The summed E-state index contributed by atoms with van der Waals surface area (Å²) in [4.78, 5) is 25.8. The van der Waals surface area contributed by atoms with Crippen molar-refractivity contribution in [3.63, 3.8) is 0 Å². The molecule has 0 aromatic rings. The van der Waals surface area contributed by atoms with Crippen molar-refractivity contribution < 1.29 is 24.5 Å². The van der Waals surface area contributed by atoms with Crippen LogP contribution in [0.5, 0.6) is 0 Å². The second-order valence-corrected chi connectivity index (χ2v) is 13.7. The van der Waals surface area contributed by atoms with E-state index in [4.69, 9.17) is 4.74 Å². The van der Waals surface area contributed by atoms with Gasteiger partial charge in [-0.05, 0) is 93.3 Å². The maximum absolute atomic E-state index is 13.0. The fourth-order valence-corrected chi connectivity index (χ4v) is 10.8. The number of aliphatic hydroxyl groups is 1. The third-order valence-corrected chi connectivity index (χ3v) is 12.6. The van der Waals surface area contributed by atoms with Crippen LogP contribution in [0.4, 0.5) is 0 Å². The summed E-state index contributed by atoms with van der Waals surface area (Å²) in [5, 5.41) is 22.1. The molecular formula is C30H44O5. The first kappa shape index (κ1) is 25.0. The number of carbonyl (C=O) groups is 2. The van der Waals surface area contributed by atoms with Crippen LogP contribution in [-0.4, -0.2) is 34.4 Å². The number of hydrogen-bond donors (Lipinski definition) is 2. The van der Waals surface area contributed by atoms with E-state index >= 15 is 0 Å². The molecule has 5 heteroatoms. The maximum Gasteiger partial charge on any atom is 0.309 e. The Bertz CT molecular complexity index is 985. The summed E-state index contributed by atoms with van der Waals surface area (Å²) < 4.78 is 6.21. The van der Waals surface area contributed by atoms with Crippen molar-refractivity contribution in [2.75, 3.05) is 0 Å². The third kappa shape index (κ3) is 2.97. The minimum absolute atomic E-state index is 0.00558. The Morgan fingerprint density at radius 1 is 1.00 bits per heavy atom. The topological polar surface area (TPSA) is 83.8 Å². The number of rotatable bonds is 3. The molecule has 5 nitrogen and oxygen atoms in total. The number of aliphatic carboxylic acids is 1. The third-order valence-electron chi connectivity index (χ3n) is 12.6. The maximum atomic E-state index is 13.0. The molecule has 2 N–H and O–H groups in total. The van der Waals surface area contributed by atoms with Gasteiger partial charge in [-0.2, -0.15) is 0 Å². The lowest BCUT2D eigenvalue weighted by Gasteiger charge is -2.71. The highest BCUT2D eigenvalue weighted by Crippen LogP contribution is 2.76. The van der Waals surface area contributed by atoms with Gasteiger partial charge in [0.15, 0.2) is 0 Å². The van der Waals surface area contributed by atoms with Crippen LogP contribution < -0.4 is 0 Å². The van der Waals surface area contributed by atoms with Crippen molar-refractivity contribution in [1.82, 2.24) is 0 Å². The van der Waals surface area contributed by atoms with Crippen molar-refractivity contribution in [3.8, 4) is 0 Å². The number of aliphatic hydroxyl groups excluding tert-OH is 1. The van der Waals surface area contributed by atoms with E-state index in [2.05, 4.69) is 47.8 Å². The first-order chi connectivity index (χ1) is 16.2. The molecule has 194 valence electrons. The highest BCUT2D eigenvalue weighted by Gasteiger charge is 2.74. The molecule has 11 atom stereocenters. The van der Waals surface area contributed by atoms with Gasteiger partial charge < -0.3 is 14.9 Å². The second-order valence-electron chi connectivity index (χ2n) is 13.7. The zero-order valence-electron chi connectivity index (χ0n) is 22.2. The first-order valence-corrected chi connectivity index (χ1v) is 13.7. The number of carboxylic acids is 1. The number of carbonyl (C=O) groups excluding carboxylic acids is 1. The van der Waals surface area contributed by atoms with Crippen LogP contribution in [0.1, 0.15) is 86.0 Å². The summed E-state index contributed by atoms with van der Waals surface area (Å²) in [7, 11) is 0. The summed E-state index contributed by atoms with van der Waals surface area (Å²) in [6.07, 6.45) is 4.64. The molecule has 5 fully saturated rings. The van der Waals surface area contributed by atoms with Crippen LogP contribution in [-0.2, 0) is 14.3 Å². The van der Waals surface area contributed by atoms with Crippen molar-refractivity contribution in [2.45, 2.75) is 98.2 Å². The predicted octanol–water partition coefficient (Wildman–Crippen LogP) is 5.77. The molecule has 0 aromatic heterocycles. The Labute approximate surface area is 210 Å². The second kappa shape index (κ2) is 7.69. The van der Waals surface area contributed by atoms with E-state index in [0.29, 0.717) is 19.3 Å². The monoisotopic (exact) mass is 484 g/mol. The van der Waals surface area contributed by atoms with Crippen molar-refractivity contribution in [1.29, 1.82) is 0 Å². The molecule has 5 rings (SSSR count). The number of hydrogen-bond acceptors (Lipinski definition) is 4. The first-order valence-electron chi connectivity index (χ1n) is 13.7. The number of carboxylic acid groups (broad SMARTS) is 1. The standard InChI is InChI=1S/C30H44O5/c1-16(2)18-8-11-30(26(33)34)13-12-27(5)20(24(18)30)14-21-25-28(27,6)10-9-19(17(3)4)29(25,7)22(31)15-23(32)35-21/h18-22,24-25,31H,1,3,8-15H2,2,4-7H3,(H,33,34)/t18-,19-,20+,21+,22+,24+,25-,27+,28+,29+,30-/m0/s1. The molecule has 35 heavy (non-hydrogen) atoms. The SMILES string of the molecule is C=C(C)[C@@H]1CC[C@]2(C(=O)O)CC[C@]3(C)[C@H](C[C@H]4OC(=O)C[C@@H](O)[C@]5(C)[C@@H]4[C@@]3(C)CC[C@H]5C(=C)C)[C@@H]12. The molecule has 0 unspecified atom stereocenters. The molecule has 0 aromatic carbocycles. The van der Waals surface area contributed by atoms with E-state index in [1.165, 1.54) is 0 Å². The normalized spacial score (nSPS) is 52.9. The van der Waals surface area contributed by atoms with Crippen LogP contribution in [0.15, 0.2) is 24.3 Å². The number of esters is 1. The average molecular weight is 485 g/mol. The van der Waals surface area contributed by atoms with Gasteiger partial charge >= 0.3 is 11.9 Å².